The lowest BCUT2D eigenvalue weighted by molar-refractivity contribution is 0.217. The molecule has 0 bridgehead atoms. The zero-order chi connectivity index (χ0) is 15.1. The predicted molar refractivity (Wildman–Crippen MR) is 81.1 cm³/mol. The number of aromatic nitrogens is 2. The molecule has 0 unspecified atom stereocenters. The van der Waals surface area contributed by atoms with Crippen LogP contribution in [0.15, 0.2) is 0 Å². The van der Waals surface area contributed by atoms with Gasteiger partial charge < -0.3 is 15.5 Å². The highest BCUT2D eigenvalue weighted by molar-refractivity contribution is 6.31. The van der Waals surface area contributed by atoms with Crippen molar-refractivity contribution >= 4 is 17.6 Å². The van der Waals surface area contributed by atoms with Crippen molar-refractivity contribution in [3.63, 3.8) is 0 Å². The summed E-state index contributed by atoms with van der Waals surface area (Å²) in [7, 11) is 3.43. The number of aryl methyl sites for hydroxylation is 2. The first-order valence-electron chi connectivity index (χ1n) is 6.91. The number of hydrogen-bond acceptors (Lipinski definition) is 3. The summed E-state index contributed by atoms with van der Waals surface area (Å²) < 4.78 is 1.92. The topological polar surface area (TPSA) is 62.2 Å². The van der Waals surface area contributed by atoms with Crippen LogP contribution in [0, 0.1) is 0 Å². The summed E-state index contributed by atoms with van der Waals surface area (Å²) in [6.07, 6.45) is 0.831. The number of amides is 2. The van der Waals surface area contributed by atoms with E-state index in [1.165, 1.54) is 4.90 Å². The van der Waals surface area contributed by atoms with E-state index in [4.69, 9.17) is 11.6 Å². The van der Waals surface area contributed by atoms with E-state index in [0.717, 1.165) is 29.4 Å². The summed E-state index contributed by atoms with van der Waals surface area (Å²) >= 11 is 6.31. The summed E-state index contributed by atoms with van der Waals surface area (Å²) in [5, 5.41) is 11.3. The Kier molecular flexibility index (Phi) is 6.81. The molecule has 0 aliphatic heterocycles. The minimum absolute atomic E-state index is 0.0864. The van der Waals surface area contributed by atoms with Crippen LogP contribution in [0.1, 0.15) is 25.2 Å². The van der Waals surface area contributed by atoms with Gasteiger partial charge in [0.1, 0.15) is 0 Å². The molecule has 1 aromatic rings. The Balaban J connectivity index is 2.42. The molecule has 2 amide bonds. The number of nitrogens with zero attached hydrogens (tertiary/aromatic N) is 3. The Labute approximate surface area is 125 Å². The van der Waals surface area contributed by atoms with Crippen molar-refractivity contribution in [2.24, 2.45) is 0 Å². The van der Waals surface area contributed by atoms with E-state index in [0.29, 0.717) is 19.6 Å². The zero-order valence-electron chi connectivity index (χ0n) is 12.7. The van der Waals surface area contributed by atoms with Crippen molar-refractivity contribution in [2.75, 3.05) is 27.2 Å². The average Bonchev–Trinajstić information content (AvgIpc) is 2.74. The second kappa shape index (κ2) is 8.11. The predicted octanol–water partition coefficient (Wildman–Crippen LogP) is 1.48. The van der Waals surface area contributed by atoms with Crippen LogP contribution in [0.5, 0.6) is 0 Å². The fourth-order valence-corrected chi connectivity index (χ4v) is 2.14. The summed E-state index contributed by atoms with van der Waals surface area (Å²) in [4.78, 5) is 12.8. The third-order valence-electron chi connectivity index (χ3n) is 2.97. The number of nitrogens with one attached hydrogen (secondary N) is 2. The van der Waals surface area contributed by atoms with Crippen molar-refractivity contribution in [1.29, 1.82) is 0 Å². The van der Waals surface area contributed by atoms with Crippen LogP contribution in [0.2, 0.25) is 5.02 Å². The molecule has 0 spiro atoms. The molecular formula is C13H24ClN5O. The Hall–Kier alpha value is -1.27. The van der Waals surface area contributed by atoms with E-state index in [1.807, 2.05) is 18.5 Å². The Morgan fingerprint density at radius 3 is 2.60 bits per heavy atom. The van der Waals surface area contributed by atoms with Crippen LogP contribution >= 0.6 is 11.6 Å². The van der Waals surface area contributed by atoms with Gasteiger partial charge in [0.15, 0.2) is 0 Å². The van der Waals surface area contributed by atoms with Gasteiger partial charge in [0.2, 0.25) is 0 Å². The zero-order valence-corrected chi connectivity index (χ0v) is 13.4. The number of urea groups is 1. The number of carbonyl (C=O) groups excluding carboxylic acids is 1. The van der Waals surface area contributed by atoms with Gasteiger partial charge in [-0.2, -0.15) is 5.10 Å². The van der Waals surface area contributed by atoms with Crippen molar-refractivity contribution < 1.29 is 4.79 Å². The van der Waals surface area contributed by atoms with Crippen molar-refractivity contribution in [1.82, 2.24) is 25.3 Å². The molecule has 2 N–H and O–H groups in total. The third-order valence-corrected chi connectivity index (χ3v) is 3.41. The van der Waals surface area contributed by atoms with Gasteiger partial charge in [0.25, 0.3) is 0 Å². The summed E-state index contributed by atoms with van der Waals surface area (Å²) in [5.41, 5.74) is 1.94. The van der Waals surface area contributed by atoms with Gasteiger partial charge in [-0.05, 0) is 13.3 Å². The van der Waals surface area contributed by atoms with E-state index < -0.39 is 0 Å². The Bertz CT molecular complexity index is 444. The molecular weight excluding hydrogens is 278 g/mol. The van der Waals surface area contributed by atoms with Crippen LogP contribution in [0.3, 0.4) is 0 Å². The monoisotopic (exact) mass is 301 g/mol. The first-order chi connectivity index (χ1) is 9.51. The van der Waals surface area contributed by atoms with E-state index in [-0.39, 0.29) is 6.03 Å². The molecule has 0 saturated carbocycles. The highest BCUT2D eigenvalue weighted by Gasteiger charge is 2.13. The standard InChI is InChI=1S/C13H24ClN5O/c1-5-10-12(14)11(19(6-2)17-10)9-15-7-8-16-13(20)18(3)4/h15H,5-9H2,1-4H3,(H,16,20). The van der Waals surface area contributed by atoms with Crippen LogP contribution in [0.4, 0.5) is 4.79 Å². The molecule has 0 aliphatic rings. The molecule has 0 radical (unpaired) electrons. The van der Waals surface area contributed by atoms with Crippen molar-refractivity contribution in [3.8, 4) is 0 Å². The fraction of sp³-hybridized carbons (Fsp3) is 0.692. The van der Waals surface area contributed by atoms with Crippen molar-refractivity contribution in [3.05, 3.63) is 16.4 Å². The molecule has 1 heterocycles. The highest BCUT2D eigenvalue weighted by atomic mass is 35.5. The van der Waals surface area contributed by atoms with Gasteiger partial charge in [0.05, 0.1) is 16.4 Å². The van der Waals surface area contributed by atoms with Crippen LogP contribution < -0.4 is 10.6 Å². The molecule has 0 aliphatic carbocycles. The summed E-state index contributed by atoms with van der Waals surface area (Å²) in [6, 6.07) is -0.0864. The molecule has 0 fully saturated rings. The van der Waals surface area contributed by atoms with Crippen molar-refractivity contribution in [2.45, 2.75) is 33.4 Å². The minimum atomic E-state index is -0.0864. The van der Waals surface area contributed by atoms with Crippen LogP contribution in [0.25, 0.3) is 0 Å². The van der Waals surface area contributed by atoms with E-state index in [9.17, 15) is 4.79 Å². The van der Waals surface area contributed by atoms with E-state index in [2.05, 4.69) is 15.7 Å². The fourth-order valence-electron chi connectivity index (χ4n) is 1.81. The molecule has 7 heteroatoms. The van der Waals surface area contributed by atoms with Crippen LogP contribution in [-0.4, -0.2) is 47.9 Å². The molecule has 1 rings (SSSR count). The van der Waals surface area contributed by atoms with E-state index in [1.54, 1.807) is 14.1 Å². The maximum Gasteiger partial charge on any atom is 0.316 e. The molecule has 1 aromatic heterocycles. The van der Waals surface area contributed by atoms with Gasteiger partial charge in [-0.25, -0.2) is 4.79 Å². The van der Waals surface area contributed by atoms with Crippen LogP contribution in [-0.2, 0) is 19.5 Å². The maximum absolute atomic E-state index is 11.3. The average molecular weight is 302 g/mol. The normalized spacial score (nSPS) is 10.7. The molecule has 20 heavy (non-hydrogen) atoms. The Morgan fingerprint density at radius 2 is 2.05 bits per heavy atom. The molecule has 0 aromatic carbocycles. The lowest BCUT2D eigenvalue weighted by Gasteiger charge is -2.12. The van der Waals surface area contributed by atoms with E-state index >= 15 is 0 Å². The smallest absolute Gasteiger partial charge is 0.316 e. The van der Waals surface area contributed by atoms with Gasteiger partial charge in [-0.3, -0.25) is 4.68 Å². The second-order valence-electron chi connectivity index (χ2n) is 4.68. The number of rotatable bonds is 7. The quantitative estimate of drug-likeness (QED) is 0.750. The first-order valence-corrected chi connectivity index (χ1v) is 7.28. The largest absolute Gasteiger partial charge is 0.337 e. The number of carbonyl (C=O) groups is 1. The van der Waals surface area contributed by atoms with Gasteiger partial charge in [0, 0.05) is 40.3 Å². The Morgan fingerprint density at radius 1 is 1.35 bits per heavy atom. The second-order valence-corrected chi connectivity index (χ2v) is 5.06. The lowest BCUT2D eigenvalue weighted by Crippen LogP contribution is -2.38. The summed E-state index contributed by atoms with van der Waals surface area (Å²) in [5.74, 6) is 0. The first kappa shape index (κ1) is 16.8. The van der Waals surface area contributed by atoms with Gasteiger partial charge >= 0.3 is 6.03 Å². The summed E-state index contributed by atoms with van der Waals surface area (Å²) in [6.45, 7) is 6.80. The number of hydrogen-bond donors (Lipinski definition) is 2. The van der Waals surface area contributed by atoms with Gasteiger partial charge in [-0.15, -0.1) is 0 Å². The molecule has 0 atom stereocenters. The molecule has 6 nitrogen and oxygen atoms in total. The SMILES string of the molecule is CCc1nn(CC)c(CNCCNC(=O)N(C)C)c1Cl. The molecule has 0 saturated heterocycles. The lowest BCUT2D eigenvalue weighted by atomic mass is 10.3. The number of halogens is 1. The van der Waals surface area contributed by atoms with Gasteiger partial charge in [-0.1, -0.05) is 18.5 Å². The molecule has 114 valence electrons. The third kappa shape index (κ3) is 4.38. The minimum Gasteiger partial charge on any atom is -0.337 e. The maximum atomic E-state index is 11.3. The highest BCUT2D eigenvalue weighted by Crippen LogP contribution is 2.21.